The van der Waals surface area contributed by atoms with Gasteiger partial charge in [0.2, 0.25) is 0 Å². The molecule has 0 unspecified atom stereocenters. The summed E-state index contributed by atoms with van der Waals surface area (Å²) in [6.45, 7) is 3.82. The van der Waals surface area contributed by atoms with Crippen molar-refractivity contribution in [1.29, 1.82) is 0 Å². The number of hydrogen-bond acceptors (Lipinski definition) is 4. The van der Waals surface area contributed by atoms with Crippen LogP contribution in [0.15, 0.2) is 77.7 Å². The van der Waals surface area contributed by atoms with Crippen molar-refractivity contribution in [2.24, 2.45) is 0 Å². The van der Waals surface area contributed by atoms with Crippen molar-refractivity contribution in [3.05, 3.63) is 89.5 Å². The summed E-state index contributed by atoms with van der Waals surface area (Å²) in [7, 11) is -0.560. The average molecular weight is 439 g/mol. The lowest BCUT2D eigenvalue weighted by molar-refractivity contribution is 0.0741. The number of ether oxygens (including phenoxy) is 1. The number of nitrogens with zero attached hydrogens (tertiary/aromatic N) is 1. The number of hydrogen-bond donors (Lipinski definition) is 1. The molecular formula is C24H26N2O4S. The zero-order chi connectivity index (χ0) is 22.6. The topological polar surface area (TPSA) is 75.7 Å². The predicted molar refractivity (Wildman–Crippen MR) is 122 cm³/mol. The minimum Gasteiger partial charge on any atom is -0.496 e. The van der Waals surface area contributed by atoms with Crippen LogP contribution in [-0.4, -0.2) is 33.4 Å². The van der Waals surface area contributed by atoms with Crippen LogP contribution >= 0.6 is 0 Å². The van der Waals surface area contributed by atoms with Gasteiger partial charge in [-0.1, -0.05) is 42.0 Å². The molecule has 0 saturated heterocycles. The summed E-state index contributed by atoms with van der Waals surface area (Å²) >= 11 is 0. The summed E-state index contributed by atoms with van der Waals surface area (Å²) in [5.41, 5.74) is 2.65. The number of sulfonamides is 1. The minimum absolute atomic E-state index is 0.0252. The molecule has 0 aliphatic carbocycles. The van der Waals surface area contributed by atoms with E-state index in [9.17, 15) is 13.2 Å². The van der Waals surface area contributed by atoms with E-state index in [2.05, 4.69) is 4.72 Å². The van der Waals surface area contributed by atoms with Crippen molar-refractivity contribution in [1.82, 2.24) is 4.90 Å². The molecule has 0 aliphatic heterocycles. The summed E-state index contributed by atoms with van der Waals surface area (Å²) in [5, 5.41) is 0. The lowest BCUT2D eigenvalue weighted by atomic mass is 10.0. The molecular weight excluding hydrogens is 412 g/mol. The second-order valence-corrected chi connectivity index (χ2v) is 9.02. The van der Waals surface area contributed by atoms with Crippen LogP contribution in [0, 0.1) is 6.92 Å². The molecule has 0 saturated carbocycles. The van der Waals surface area contributed by atoms with Crippen LogP contribution in [0.1, 0.15) is 34.5 Å². The summed E-state index contributed by atoms with van der Waals surface area (Å²) in [6.07, 6.45) is 0. The number of anilines is 1. The van der Waals surface area contributed by atoms with E-state index in [-0.39, 0.29) is 22.4 Å². The van der Waals surface area contributed by atoms with E-state index in [1.165, 1.54) is 12.1 Å². The fraction of sp³-hybridized carbons (Fsp3) is 0.208. The molecule has 3 rings (SSSR count). The molecule has 31 heavy (non-hydrogen) atoms. The first kappa shape index (κ1) is 22.4. The number of carbonyl (C=O) groups excluding carboxylic acids is 1. The molecule has 6 nitrogen and oxygen atoms in total. The van der Waals surface area contributed by atoms with Crippen LogP contribution in [0.2, 0.25) is 0 Å². The van der Waals surface area contributed by atoms with Crippen molar-refractivity contribution < 1.29 is 17.9 Å². The molecule has 1 atom stereocenters. The number of para-hydroxylation sites is 1. The fourth-order valence-electron chi connectivity index (χ4n) is 3.23. The summed E-state index contributed by atoms with van der Waals surface area (Å²) in [5.74, 6) is 0.402. The Morgan fingerprint density at radius 2 is 1.68 bits per heavy atom. The quantitative estimate of drug-likeness (QED) is 0.583. The van der Waals surface area contributed by atoms with E-state index in [1.807, 2.05) is 50.2 Å². The second kappa shape index (κ2) is 9.22. The highest BCUT2D eigenvalue weighted by Gasteiger charge is 2.23. The van der Waals surface area contributed by atoms with E-state index in [4.69, 9.17) is 4.74 Å². The number of rotatable bonds is 7. The Morgan fingerprint density at radius 3 is 2.35 bits per heavy atom. The van der Waals surface area contributed by atoms with Crippen molar-refractivity contribution in [2.75, 3.05) is 18.9 Å². The highest BCUT2D eigenvalue weighted by molar-refractivity contribution is 7.92. The number of benzene rings is 3. The van der Waals surface area contributed by atoms with E-state index < -0.39 is 10.0 Å². The highest BCUT2D eigenvalue weighted by Crippen LogP contribution is 2.29. The lowest BCUT2D eigenvalue weighted by Crippen LogP contribution is -2.30. The number of amides is 1. The molecule has 3 aromatic carbocycles. The molecule has 0 heterocycles. The predicted octanol–water partition coefficient (Wildman–Crippen LogP) is 4.64. The van der Waals surface area contributed by atoms with Crippen molar-refractivity contribution in [2.45, 2.75) is 24.8 Å². The first-order chi connectivity index (χ1) is 14.7. The molecule has 1 amide bonds. The van der Waals surface area contributed by atoms with Crippen LogP contribution in [0.3, 0.4) is 0 Å². The van der Waals surface area contributed by atoms with E-state index in [0.717, 1.165) is 11.1 Å². The maximum absolute atomic E-state index is 13.1. The Balaban J connectivity index is 1.84. The van der Waals surface area contributed by atoms with Gasteiger partial charge in [-0.05, 0) is 50.2 Å². The number of aryl methyl sites for hydroxylation is 1. The number of nitrogens with one attached hydrogen (secondary N) is 1. The Bertz CT molecular complexity index is 1170. The maximum atomic E-state index is 13.1. The Hall–Kier alpha value is -3.32. The molecule has 162 valence electrons. The van der Waals surface area contributed by atoms with Gasteiger partial charge in [-0.25, -0.2) is 8.42 Å². The van der Waals surface area contributed by atoms with Crippen molar-refractivity contribution in [3.63, 3.8) is 0 Å². The van der Waals surface area contributed by atoms with E-state index in [1.54, 1.807) is 43.3 Å². The molecule has 0 radical (unpaired) electrons. The van der Waals surface area contributed by atoms with Crippen LogP contribution in [0.25, 0.3) is 0 Å². The molecule has 0 fully saturated rings. The summed E-state index contributed by atoms with van der Waals surface area (Å²) < 4.78 is 33.6. The number of methoxy groups -OCH3 is 1. The Labute approximate surface area is 183 Å². The number of carbonyl (C=O) groups is 1. The largest absolute Gasteiger partial charge is 0.496 e. The first-order valence-corrected chi connectivity index (χ1v) is 11.3. The molecule has 7 heteroatoms. The highest BCUT2D eigenvalue weighted by atomic mass is 32.2. The molecule has 0 aromatic heterocycles. The van der Waals surface area contributed by atoms with E-state index >= 15 is 0 Å². The van der Waals surface area contributed by atoms with Gasteiger partial charge in [0.15, 0.2) is 0 Å². The Kier molecular flexibility index (Phi) is 6.65. The van der Waals surface area contributed by atoms with Crippen LogP contribution < -0.4 is 9.46 Å². The third-order valence-electron chi connectivity index (χ3n) is 5.19. The molecule has 0 bridgehead atoms. The minimum atomic E-state index is -3.83. The van der Waals surface area contributed by atoms with E-state index in [0.29, 0.717) is 11.4 Å². The van der Waals surface area contributed by atoms with Crippen LogP contribution in [-0.2, 0) is 10.0 Å². The fourth-order valence-corrected chi connectivity index (χ4v) is 4.34. The standard InChI is InChI=1S/C24H26N2O4S/c1-17-12-14-20(15-13-17)25-31(28,29)21-9-7-8-19(16-21)24(27)26(3)18(2)22-10-5-6-11-23(22)30-4/h5-16,18,25H,1-4H3/t18-/m1/s1. The Morgan fingerprint density at radius 1 is 1.00 bits per heavy atom. The molecule has 0 spiro atoms. The first-order valence-electron chi connectivity index (χ1n) is 9.82. The van der Waals surface area contributed by atoms with Gasteiger partial charge in [0.25, 0.3) is 15.9 Å². The zero-order valence-corrected chi connectivity index (χ0v) is 18.8. The monoisotopic (exact) mass is 438 g/mol. The summed E-state index contributed by atoms with van der Waals surface area (Å²) in [4.78, 5) is 14.7. The zero-order valence-electron chi connectivity index (χ0n) is 18.0. The smallest absolute Gasteiger partial charge is 0.261 e. The van der Waals surface area contributed by atoms with Gasteiger partial charge >= 0.3 is 0 Å². The lowest BCUT2D eigenvalue weighted by Gasteiger charge is -2.26. The third kappa shape index (κ3) is 5.06. The van der Waals surface area contributed by atoms with Gasteiger partial charge in [0.05, 0.1) is 18.0 Å². The third-order valence-corrected chi connectivity index (χ3v) is 6.56. The molecule has 0 aliphatic rings. The second-order valence-electron chi connectivity index (χ2n) is 7.33. The van der Waals surface area contributed by atoms with Crippen LogP contribution in [0.4, 0.5) is 5.69 Å². The van der Waals surface area contributed by atoms with Gasteiger partial charge in [-0.2, -0.15) is 0 Å². The van der Waals surface area contributed by atoms with Gasteiger partial charge in [-0.3, -0.25) is 9.52 Å². The molecule has 1 N–H and O–H groups in total. The summed E-state index contributed by atoms with van der Waals surface area (Å²) in [6, 6.07) is 20.3. The normalized spacial score (nSPS) is 12.1. The van der Waals surface area contributed by atoms with Gasteiger partial charge < -0.3 is 9.64 Å². The van der Waals surface area contributed by atoms with Gasteiger partial charge in [0, 0.05) is 23.9 Å². The van der Waals surface area contributed by atoms with Gasteiger partial charge in [0.1, 0.15) is 5.75 Å². The van der Waals surface area contributed by atoms with Gasteiger partial charge in [-0.15, -0.1) is 0 Å². The average Bonchev–Trinajstić information content (AvgIpc) is 2.79. The van der Waals surface area contributed by atoms with Crippen molar-refractivity contribution in [3.8, 4) is 5.75 Å². The molecule has 3 aromatic rings. The van der Waals surface area contributed by atoms with Crippen molar-refractivity contribution >= 4 is 21.6 Å². The maximum Gasteiger partial charge on any atom is 0.261 e. The van der Waals surface area contributed by atoms with Crippen LogP contribution in [0.5, 0.6) is 5.75 Å². The SMILES string of the molecule is COc1ccccc1[C@@H](C)N(C)C(=O)c1cccc(S(=O)(=O)Nc2ccc(C)cc2)c1.